The Hall–Kier alpha value is -1.78. The molecule has 33 heavy (non-hydrogen) atoms. The Bertz CT molecular complexity index is 742. The molecule has 0 radical (unpaired) electrons. The standard InChI is InChI=1S/C24H42N6O2.HI/c1-18(2)20(28-23(31)32-24(3,4)5)12-15-29(7)22(25-6)27-17-19-10-11-21(26-16-19)30-13-8-9-14-30;/h10-11,16,18,20H,8-9,12-15,17H2,1-7H3,(H,25,27)(H,28,31);1H. The van der Waals surface area contributed by atoms with Gasteiger partial charge in [0.1, 0.15) is 11.4 Å². The minimum atomic E-state index is -0.504. The molecule has 1 atom stereocenters. The molecule has 8 nitrogen and oxygen atoms in total. The van der Waals surface area contributed by atoms with Gasteiger partial charge in [-0.3, -0.25) is 4.99 Å². The maximum absolute atomic E-state index is 12.2. The average molecular weight is 575 g/mol. The number of nitrogens with one attached hydrogen (secondary N) is 2. The van der Waals surface area contributed by atoms with Crippen molar-refractivity contribution in [2.75, 3.05) is 38.6 Å². The fraction of sp³-hybridized carbons (Fsp3) is 0.708. The van der Waals surface area contributed by atoms with Crippen molar-refractivity contribution >= 4 is 41.8 Å². The third-order valence-corrected chi connectivity index (χ3v) is 5.55. The number of carbonyl (C=O) groups excluding carboxylic acids is 1. The van der Waals surface area contributed by atoms with E-state index < -0.39 is 5.60 Å². The molecule has 1 amide bonds. The second-order valence-electron chi connectivity index (χ2n) is 9.83. The summed E-state index contributed by atoms with van der Waals surface area (Å²) in [5.41, 5.74) is 0.616. The van der Waals surface area contributed by atoms with E-state index in [1.165, 1.54) is 12.8 Å². The molecule has 1 unspecified atom stereocenters. The molecular formula is C24H43IN6O2. The Kier molecular flexibility index (Phi) is 12.2. The summed E-state index contributed by atoms with van der Waals surface area (Å²) < 4.78 is 5.41. The van der Waals surface area contributed by atoms with E-state index in [1.807, 2.05) is 34.0 Å². The van der Waals surface area contributed by atoms with Crippen LogP contribution in [0.5, 0.6) is 0 Å². The van der Waals surface area contributed by atoms with Gasteiger partial charge in [0, 0.05) is 52.5 Å². The molecule has 1 aliphatic rings. The summed E-state index contributed by atoms with van der Waals surface area (Å²) in [6.07, 6.45) is 4.86. The van der Waals surface area contributed by atoms with E-state index in [-0.39, 0.29) is 36.1 Å². The lowest BCUT2D eigenvalue weighted by Crippen LogP contribution is -2.45. The number of ether oxygens (including phenoxy) is 1. The van der Waals surface area contributed by atoms with Gasteiger partial charge in [0.15, 0.2) is 5.96 Å². The second-order valence-corrected chi connectivity index (χ2v) is 9.83. The van der Waals surface area contributed by atoms with Crippen molar-refractivity contribution in [2.24, 2.45) is 10.9 Å². The Morgan fingerprint density at radius 3 is 2.45 bits per heavy atom. The van der Waals surface area contributed by atoms with Crippen LogP contribution in [0.25, 0.3) is 0 Å². The number of guanidine groups is 1. The number of nitrogens with zero attached hydrogens (tertiary/aromatic N) is 4. The van der Waals surface area contributed by atoms with Crippen molar-refractivity contribution in [3.8, 4) is 0 Å². The zero-order chi connectivity index (χ0) is 23.7. The normalized spacial score (nSPS) is 15.2. The molecule has 2 rings (SSSR count). The number of pyridine rings is 1. The molecular weight excluding hydrogens is 531 g/mol. The quantitative estimate of drug-likeness (QED) is 0.275. The van der Waals surface area contributed by atoms with E-state index >= 15 is 0 Å². The van der Waals surface area contributed by atoms with Crippen LogP contribution in [-0.4, -0.2) is 67.3 Å². The summed E-state index contributed by atoms with van der Waals surface area (Å²) in [6.45, 7) is 13.4. The van der Waals surface area contributed by atoms with E-state index in [0.717, 1.165) is 43.4 Å². The maximum atomic E-state index is 12.2. The number of aliphatic imine (C=N–C) groups is 1. The molecule has 1 saturated heterocycles. The number of hydrogen-bond donors (Lipinski definition) is 2. The third-order valence-electron chi connectivity index (χ3n) is 5.55. The van der Waals surface area contributed by atoms with Gasteiger partial charge in [0.05, 0.1) is 0 Å². The van der Waals surface area contributed by atoms with Crippen LogP contribution in [0.2, 0.25) is 0 Å². The molecule has 1 aromatic rings. The van der Waals surface area contributed by atoms with Gasteiger partial charge < -0.3 is 25.2 Å². The van der Waals surface area contributed by atoms with Gasteiger partial charge in [-0.15, -0.1) is 24.0 Å². The minimum Gasteiger partial charge on any atom is -0.444 e. The van der Waals surface area contributed by atoms with E-state index in [4.69, 9.17) is 4.74 Å². The summed E-state index contributed by atoms with van der Waals surface area (Å²) >= 11 is 0. The molecule has 0 spiro atoms. The molecule has 0 aromatic carbocycles. The van der Waals surface area contributed by atoms with Crippen LogP contribution in [-0.2, 0) is 11.3 Å². The van der Waals surface area contributed by atoms with Crippen LogP contribution in [0.3, 0.4) is 0 Å². The Balaban J connectivity index is 0.00000544. The molecule has 188 valence electrons. The molecule has 9 heteroatoms. The first-order valence-corrected chi connectivity index (χ1v) is 11.7. The summed E-state index contributed by atoms with van der Waals surface area (Å²) in [7, 11) is 3.79. The summed E-state index contributed by atoms with van der Waals surface area (Å²) in [5.74, 6) is 2.17. The van der Waals surface area contributed by atoms with Crippen LogP contribution in [0.1, 0.15) is 59.4 Å². The van der Waals surface area contributed by atoms with Crippen molar-refractivity contribution in [1.29, 1.82) is 0 Å². The molecule has 0 bridgehead atoms. The molecule has 0 saturated carbocycles. The number of amides is 1. The first kappa shape index (κ1) is 29.3. The molecule has 1 fully saturated rings. The van der Waals surface area contributed by atoms with Crippen molar-refractivity contribution in [3.05, 3.63) is 23.9 Å². The van der Waals surface area contributed by atoms with Gasteiger partial charge in [-0.1, -0.05) is 19.9 Å². The molecule has 2 heterocycles. The van der Waals surface area contributed by atoms with E-state index in [9.17, 15) is 4.79 Å². The number of hydrogen-bond acceptors (Lipinski definition) is 5. The van der Waals surface area contributed by atoms with Gasteiger partial charge >= 0.3 is 6.09 Å². The highest BCUT2D eigenvalue weighted by molar-refractivity contribution is 14.0. The molecule has 2 N–H and O–H groups in total. The van der Waals surface area contributed by atoms with Gasteiger partial charge in [-0.05, 0) is 57.6 Å². The number of halogens is 1. The summed E-state index contributed by atoms with van der Waals surface area (Å²) in [4.78, 5) is 25.6. The van der Waals surface area contributed by atoms with Gasteiger partial charge in [0.2, 0.25) is 0 Å². The van der Waals surface area contributed by atoms with Crippen molar-refractivity contribution in [2.45, 2.75) is 72.1 Å². The Morgan fingerprint density at radius 2 is 1.94 bits per heavy atom. The van der Waals surface area contributed by atoms with Crippen LogP contribution in [0.4, 0.5) is 10.6 Å². The number of rotatable bonds is 8. The molecule has 1 aliphatic heterocycles. The van der Waals surface area contributed by atoms with Crippen molar-refractivity contribution in [3.63, 3.8) is 0 Å². The fourth-order valence-electron chi connectivity index (χ4n) is 3.69. The van der Waals surface area contributed by atoms with Crippen LogP contribution >= 0.6 is 24.0 Å². The highest BCUT2D eigenvalue weighted by Gasteiger charge is 2.22. The fourth-order valence-corrected chi connectivity index (χ4v) is 3.69. The van der Waals surface area contributed by atoms with E-state index in [2.05, 4.69) is 56.4 Å². The predicted octanol–water partition coefficient (Wildman–Crippen LogP) is 4.25. The highest BCUT2D eigenvalue weighted by Crippen LogP contribution is 2.17. The van der Waals surface area contributed by atoms with Crippen LogP contribution in [0.15, 0.2) is 23.3 Å². The van der Waals surface area contributed by atoms with Crippen molar-refractivity contribution < 1.29 is 9.53 Å². The first-order valence-electron chi connectivity index (χ1n) is 11.7. The van der Waals surface area contributed by atoms with E-state index in [1.54, 1.807) is 7.05 Å². The number of anilines is 1. The number of carbonyl (C=O) groups is 1. The lowest BCUT2D eigenvalue weighted by atomic mass is 10.0. The topological polar surface area (TPSA) is 82.1 Å². The largest absolute Gasteiger partial charge is 0.444 e. The average Bonchev–Trinajstić information content (AvgIpc) is 3.25. The molecule has 0 aliphatic carbocycles. The van der Waals surface area contributed by atoms with Crippen LogP contribution < -0.4 is 15.5 Å². The highest BCUT2D eigenvalue weighted by atomic mass is 127. The van der Waals surface area contributed by atoms with Gasteiger partial charge in [-0.25, -0.2) is 9.78 Å². The third kappa shape index (κ3) is 10.4. The zero-order valence-corrected chi connectivity index (χ0v) is 23.7. The smallest absolute Gasteiger partial charge is 0.407 e. The van der Waals surface area contributed by atoms with Gasteiger partial charge in [0.25, 0.3) is 0 Å². The zero-order valence-electron chi connectivity index (χ0n) is 21.4. The maximum Gasteiger partial charge on any atom is 0.407 e. The lowest BCUT2D eigenvalue weighted by Gasteiger charge is -2.28. The summed E-state index contributed by atoms with van der Waals surface area (Å²) in [6, 6.07) is 4.25. The van der Waals surface area contributed by atoms with Crippen molar-refractivity contribution in [1.82, 2.24) is 20.5 Å². The summed E-state index contributed by atoms with van der Waals surface area (Å²) in [5, 5.41) is 6.42. The monoisotopic (exact) mass is 574 g/mol. The minimum absolute atomic E-state index is 0. The SMILES string of the molecule is CN=C(NCc1ccc(N2CCCC2)nc1)N(C)CCC(NC(=O)OC(C)(C)C)C(C)C.I. The predicted molar refractivity (Wildman–Crippen MR) is 147 cm³/mol. The Morgan fingerprint density at radius 1 is 1.27 bits per heavy atom. The van der Waals surface area contributed by atoms with E-state index in [0.29, 0.717) is 12.5 Å². The lowest BCUT2D eigenvalue weighted by molar-refractivity contribution is 0.0486. The molecule has 1 aromatic heterocycles. The van der Waals surface area contributed by atoms with Crippen LogP contribution in [0, 0.1) is 5.92 Å². The first-order chi connectivity index (χ1) is 15.1. The van der Waals surface area contributed by atoms with Gasteiger partial charge in [-0.2, -0.15) is 0 Å². The Labute approximate surface area is 217 Å². The second kappa shape index (κ2) is 13.8. The number of alkyl carbamates (subject to hydrolysis) is 1. The number of aromatic nitrogens is 1.